The maximum Gasteiger partial charge on any atom is 0.265 e. The molecule has 1 aliphatic rings. The van der Waals surface area contributed by atoms with Crippen molar-refractivity contribution in [2.45, 2.75) is 66.0 Å². The van der Waals surface area contributed by atoms with Crippen LogP contribution >= 0.6 is 11.3 Å². The number of carbonyl (C=O) groups excluding carboxylic acids is 2. The molecule has 1 aliphatic heterocycles. The number of hydrogen-bond donors (Lipinski definition) is 1. The van der Waals surface area contributed by atoms with Gasteiger partial charge >= 0.3 is 0 Å². The van der Waals surface area contributed by atoms with Gasteiger partial charge in [-0.3, -0.25) is 9.59 Å². The molecule has 0 saturated heterocycles. The van der Waals surface area contributed by atoms with Crippen LogP contribution in [0.1, 0.15) is 64.9 Å². The fraction of sp³-hybridized carbons (Fsp3) is 0.500. The Morgan fingerprint density at radius 1 is 1.24 bits per heavy atom. The van der Waals surface area contributed by atoms with E-state index in [1.807, 2.05) is 37.3 Å². The average molecular weight is 413 g/mol. The SMILES string of the molecule is Cc1sc2c(c1C)CCC(C)(C(=O)NCCC(C)C)N(Cc1ccccc1)C2=O. The van der Waals surface area contributed by atoms with Gasteiger partial charge in [0, 0.05) is 18.0 Å². The predicted molar refractivity (Wildman–Crippen MR) is 119 cm³/mol. The van der Waals surface area contributed by atoms with E-state index in [1.54, 1.807) is 16.2 Å². The van der Waals surface area contributed by atoms with Crippen molar-refractivity contribution in [3.8, 4) is 0 Å². The lowest BCUT2D eigenvalue weighted by molar-refractivity contribution is -0.132. The van der Waals surface area contributed by atoms with Crippen LogP contribution in [0, 0.1) is 19.8 Å². The molecule has 0 radical (unpaired) electrons. The Morgan fingerprint density at radius 2 is 1.93 bits per heavy atom. The molecule has 0 saturated carbocycles. The number of rotatable bonds is 6. The van der Waals surface area contributed by atoms with Crippen molar-refractivity contribution in [1.29, 1.82) is 0 Å². The third kappa shape index (κ3) is 4.40. The van der Waals surface area contributed by atoms with Gasteiger partial charge in [-0.25, -0.2) is 0 Å². The Kier molecular flexibility index (Phi) is 6.47. The summed E-state index contributed by atoms with van der Waals surface area (Å²) in [6, 6.07) is 9.95. The molecule has 1 atom stereocenters. The van der Waals surface area contributed by atoms with Crippen LogP contribution in [-0.4, -0.2) is 28.8 Å². The minimum atomic E-state index is -0.872. The van der Waals surface area contributed by atoms with E-state index >= 15 is 0 Å². The Morgan fingerprint density at radius 3 is 2.59 bits per heavy atom. The second-order valence-corrected chi connectivity index (χ2v) is 9.90. The molecule has 1 aromatic carbocycles. The molecule has 29 heavy (non-hydrogen) atoms. The van der Waals surface area contributed by atoms with Crippen molar-refractivity contribution in [2.75, 3.05) is 6.54 Å². The minimum Gasteiger partial charge on any atom is -0.354 e. The molecule has 4 nitrogen and oxygen atoms in total. The van der Waals surface area contributed by atoms with Gasteiger partial charge in [0.05, 0.1) is 4.88 Å². The Balaban J connectivity index is 1.96. The fourth-order valence-electron chi connectivity index (χ4n) is 3.91. The summed E-state index contributed by atoms with van der Waals surface area (Å²) < 4.78 is 0. The molecular weight excluding hydrogens is 380 g/mol. The maximum absolute atomic E-state index is 13.7. The van der Waals surface area contributed by atoms with Crippen LogP contribution in [-0.2, 0) is 17.8 Å². The smallest absolute Gasteiger partial charge is 0.265 e. The first-order chi connectivity index (χ1) is 13.7. The number of hydrogen-bond acceptors (Lipinski definition) is 3. The van der Waals surface area contributed by atoms with Gasteiger partial charge < -0.3 is 10.2 Å². The molecule has 0 spiro atoms. The van der Waals surface area contributed by atoms with E-state index in [1.165, 1.54) is 10.4 Å². The summed E-state index contributed by atoms with van der Waals surface area (Å²) in [7, 11) is 0. The summed E-state index contributed by atoms with van der Waals surface area (Å²) >= 11 is 1.56. The van der Waals surface area contributed by atoms with Crippen LogP contribution in [0.25, 0.3) is 0 Å². The largest absolute Gasteiger partial charge is 0.354 e. The van der Waals surface area contributed by atoms with E-state index in [2.05, 4.69) is 33.0 Å². The number of fused-ring (bicyclic) bond motifs is 1. The van der Waals surface area contributed by atoms with E-state index in [9.17, 15) is 9.59 Å². The zero-order valence-electron chi connectivity index (χ0n) is 18.2. The van der Waals surface area contributed by atoms with Gasteiger partial charge in [0.15, 0.2) is 0 Å². The Labute approximate surface area is 178 Å². The van der Waals surface area contributed by atoms with Gasteiger partial charge in [0.25, 0.3) is 5.91 Å². The predicted octanol–water partition coefficient (Wildman–Crippen LogP) is 4.87. The number of aryl methyl sites for hydroxylation is 1. The monoisotopic (exact) mass is 412 g/mol. The topological polar surface area (TPSA) is 49.4 Å². The molecule has 2 amide bonds. The first kappa shape index (κ1) is 21.6. The molecule has 1 aromatic heterocycles. The van der Waals surface area contributed by atoms with Crippen LogP contribution < -0.4 is 5.32 Å². The number of nitrogens with zero attached hydrogens (tertiary/aromatic N) is 1. The van der Waals surface area contributed by atoms with Crippen LogP contribution in [0.3, 0.4) is 0 Å². The van der Waals surface area contributed by atoms with E-state index in [4.69, 9.17) is 0 Å². The second-order valence-electron chi connectivity index (χ2n) is 8.68. The van der Waals surface area contributed by atoms with Crippen molar-refractivity contribution >= 4 is 23.2 Å². The van der Waals surface area contributed by atoms with Gasteiger partial charge in [0.2, 0.25) is 5.91 Å². The van der Waals surface area contributed by atoms with Crippen molar-refractivity contribution < 1.29 is 9.59 Å². The maximum atomic E-state index is 13.7. The molecule has 3 rings (SSSR count). The Hall–Kier alpha value is -2.14. The molecule has 1 unspecified atom stereocenters. The standard InChI is InChI=1S/C24H32N2O2S/c1-16(2)12-14-25-23(28)24(5)13-11-20-17(3)18(4)29-21(20)22(27)26(24)15-19-9-7-6-8-10-19/h6-10,16H,11-15H2,1-5H3,(H,25,28). The number of benzene rings is 1. The number of amides is 2. The molecule has 1 N–H and O–H groups in total. The third-order valence-corrected chi connectivity index (χ3v) is 7.32. The summed E-state index contributed by atoms with van der Waals surface area (Å²) in [5.41, 5.74) is 2.48. The number of thiophene rings is 1. The van der Waals surface area contributed by atoms with E-state index in [0.29, 0.717) is 25.4 Å². The normalized spacial score (nSPS) is 19.2. The fourth-order valence-corrected chi connectivity index (χ4v) is 5.07. The molecule has 2 heterocycles. The highest BCUT2D eigenvalue weighted by atomic mass is 32.1. The summed E-state index contributed by atoms with van der Waals surface area (Å²) in [4.78, 5) is 30.8. The van der Waals surface area contributed by atoms with Crippen LogP contribution in [0.15, 0.2) is 30.3 Å². The molecule has 5 heteroatoms. The second kappa shape index (κ2) is 8.70. The summed E-state index contributed by atoms with van der Waals surface area (Å²) in [5, 5.41) is 3.10. The van der Waals surface area contributed by atoms with E-state index < -0.39 is 5.54 Å². The van der Waals surface area contributed by atoms with Crippen molar-refractivity contribution in [2.24, 2.45) is 5.92 Å². The lowest BCUT2D eigenvalue weighted by atomic mass is 9.90. The van der Waals surface area contributed by atoms with Crippen LogP contribution in [0.4, 0.5) is 0 Å². The molecular formula is C24H32N2O2S. The van der Waals surface area contributed by atoms with Crippen molar-refractivity contribution in [1.82, 2.24) is 10.2 Å². The van der Waals surface area contributed by atoms with Crippen molar-refractivity contribution in [3.63, 3.8) is 0 Å². The van der Waals surface area contributed by atoms with Gasteiger partial charge in [-0.05, 0) is 62.6 Å². The average Bonchev–Trinajstić information content (AvgIpc) is 2.93. The first-order valence-corrected chi connectivity index (χ1v) is 11.3. The summed E-state index contributed by atoms with van der Waals surface area (Å²) in [5.74, 6) is 0.452. The van der Waals surface area contributed by atoms with E-state index in [-0.39, 0.29) is 11.8 Å². The minimum absolute atomic E-state index is 0.0240. The quantitative estimate of drug-likeness (QED) is 0.735. The van der Waals surface area contributed by atoms with Gasteiger partial charge in [-0.15, -0.1) is 11.3 Å². The summed E-state index contributed by atoms with van der Waals surface area (Å²) in [6.07, 6.45) is 2.31. The summed E-state index contributed by atoms with van der Waals surface area (Å²) in [6.45, 7) is 11.5. The highest BCUT2D eigenvalue weighted by molar-refractivity contribution is 7.14. The Bertz CT molecular complexity index is 888. The van der Waals surface area contributed by atoms with Crippen LogP contribution in [0.5, 0.6) is 0 Å². The van der Waals surface area contributed by atoms with Crippen LogP contribution in [0.2, 0.25) is 0 Å². The number of nitrogens with one attached hydrogen (secondary N) is 1. The molecule has 0 bridgehead atoms. The van der Waals surface area contributed by atoms with Crippen molar-refractivity contribution in [3.05, 3.63) is 56.8 Å². The van der Waals surface area contributed by atoms with E-state index in [0.717, 1.165) is 28.8 Å². The first-order valence-electron chi connectivity index (χ1n) is 10.5. The molecule has 156 valence electrons. The number of carbonyl (C=O) groups is 2. The van der Waals surface area contributed by atoms with Gasteiger partial charge in [0.1, 0.15) is 5.54 Å². The molecule has 0 aliphatic carbocycles. The lowest BCUT2D eigenvalue weighted by Crippen LogP contribution is -2.58. The van der Waals surface area contributed by atoms with Gasteiger partial charge in [-0.1, -0.05) is 44.2 Å². The van der Waals surface area contributed by atoms with Gasteiger partial charge in [-0.2, -0.15) is 0 Å². The highest BCUT2D eigenvalue weighted by Crippen LogP contribution is 2.37. The lowest BCUT2D eigenvalue weighted by Gasteiger charge is -2.39. The molecule has 2 aromatic rings. The highest BCUT2D eigenvalue weighted by Gasteiger charge is 2.45. The molecule has 0 fully saturated rings. The zero-order chi connectivity index (χ0) is 21.2. The zero-order valence-corrected chi connectivity index (χ0v) is 19.0. The third-order valence-electron chi connectivity index (χ3n) is 6.09.